The van der Waals surface area contributed by atoms with Crippen LogP contribution in [0, 0.1) is 18.3 Å². The van der Waals surface area contributed by atoms with Crippen molar-refractivity contribution in [3.8, 4) is 6.07 Å². The summed E-state index contributed by atoms with van der Waals surface area (Å²) in [7, 11) is 0. The Labute approximate surface area is 110 Å². The molecule has 0 aliphatic heterocycles. The first kappa shape index (κ1) is 10.4. The molecule has 0 spiro atoms. The van der Waals surface area contributed by atoms with Crippen molar-refractivity contribution in [2.24, 2.45) is 0 Å². The Kier molecular flexibility index (Phi) is 5.29. The van der Waals surface area contributed by atoms with E-state index in [-0.39, 0.29) is 58.2 Å². The van der Waals surface area contributed by atoms with Gasteiger partial charge in [-0.15, -0.1) is 12.1 Å². The number of hydrogen-bond acceptors (Lipinski definition) is 1. The van der Waals surface area contributed by atoms with E-state index in [2.05, 4.69) is 6.92 Å². The van der Waals surface area contributed by atoms with Crippen molar-refractivity contribution in [1.82, 2.24) is 0 Å². The van der Waals surface area contributed by atoms with E-state index in [4.69, 9.17) is 5.26 Å². The molecule has 1 nitrogen and oxygen atoms in total. The smallest absolute Gasteiger partial charge is 0.208 e. The summed E-state index contributed by atoms with van der Waals surface area (Å²) in [6, 6.07) is 9.29. The maximum atomic E-state index is 8.43. The summed E-state index contributed by atoms with van der Waals surface area (Å²) in [5.41, 5.74) is 1.44. The minimum absolute atomic E-state index is 0. The molecule has 0 saturated carbocycles. The predicted molar refractivity (Wildman–Crippen MR) is 35.6 cm³/mol. The van der Waals surface area contributed by atoms with Crippen molar-refractivity contribution in [3.05, 3.63) is 42.3 Å². The largest absolute Gasteiger partial charge is 1.00 e. The van der Waals surface area contributed by atoms with Crippen LogP contribution in [0.1, 0.15) is 11.1 Å². The zero-order valence-electron chi connectivity index (χ0n) is 5.96. The van der Waals surface area contributed by atoms with Crippen LogP contribution < -0.4 is 58.2 Å². The van der Waals surface area contributed by atoms with E-state index in [1.807, 2.05) is 24.3 Å². The van der Waals surface area contributed by atoms with E-state index >= 15 is 0 Å². The summed E-state index contributed by atoms with van der Waals surface area (Å²) < 4.78 is 0. The van der Waals surface area contributed by atoms with Gasteiger partial charge in [-0.05, 0) is 0 Å². The second-order valence-corrected chi connectivity index (χ2v) is 1.77. The third kappa shape index (κ3) is 2.55. The van der Waals surface area contributed by atoms with Crippen molar-refractivity contribution in [3.63, 3.8) is 0 Å². The molecule has 0 atom stereocenters. The molecule has 1 aromatic carbocycles. The van der Waals surface area contributed by atoms with Crippen molar-refractivity contribution in [1.29, 1.82) is 5.26 Å². The summed E-state index contributed by atoms with van der Waals surface area (Å²) in [5.74, 6) is 0. The molecule has 0 radical (unpaired) electrons. The van der Waals surface area contributed by atoms with E-state index < -0.39 is 0 Å². The van der Waals surface area contributed by atoms with Crippen molar-refractivity contribution < 1.29 is 58.2 Å². The molecule has 0 saturated heterocycles. The average Bonchev–Trinajstić information content (AvgIpc) is 1.89. The van der Waals surface area contributed by atoms with Crippen LogP contribution >= 0.6 is 0 Å². The van der Waals surface area contributed by atoms with Gasteiger partial charge in [0.2, 0.25) is 0 Å². The van der Waals surface area contributed by atoms with Crippen molar-refractivity contribution >= 4 is 0 Å². The summed E-state index contributed by atoms with van der Waals surface area (Å²) in [5, 5.41) is 8.43. The molecule has 44 valence electrons. The van der Waals surface area contributed by atoms with Gasteiger partial charge in [-0.2, -0.15) is 18.6 Å². The Morgan fingerprint density at radius 2 is 1.90 bits per heavy atom. The van der Waals surface area contributed by atoms with E-state index in [9.17, 15) is 0 Å². The summed E-state index contributed by atoms with van der Waals surface area (Å²) in [4.78, 5) is 0. The van der Waals surface area contributed by atoms with Crippen LogP contribution in [0.25, 0.3) is 0 Å². The first-order valence-corrected chi connectivity index (χ1v) is 2.65. The predicted octanol–water partition coefficient (Wildman–Crippen LogP) is -1.26. The number of hydrogen-bond donors (Lipinski definition) is 0. The minimum Gasteiger partial charge on any atom is -0.208 e. The van der Waals surface area contributed by atoms with Gasteiger partial charge in [0.05, 0.1) is 0 Å². The topological polar surface area (TPSA) is 23.8 Å². The second-order valence-electron chi connectivity index (χ2n) is 1.77. The number of nitriles is 1. The molecule has 0 heterocycles. The van der Waals surface area contributed by atoms with Gasteiger partial charge in [-0.25, -0.2) is 5.26 Å². The molecule has 0 unspecified atom stereocenters. The van der Waals surface area contributed by atoms with Gasteiger partial charge >= 0.3 is 58.2 Å². The van der Waals surface area contributed by atoms with Crippen LogP contribution in [0.5, 0.6) is 0 Å². The molecular weight excluding hydrogens is 196 g/mol. The van der Waals surface area contributed by atoms with Gasteiger partial charge in [0.15, 0.2) is 0 Å². The van der Waals surface area contributed by atoms with E-state index in [1.54, 1.807) is 6.07 Å². The van der Waals surface area contributed by atoms with Crippen molar-refractivity contribution in [2.75, 3.05) is 0 Å². The molecule has 2 heteroatoms. The monoisotopic (exact) mass is 201 g/mol. The molecule has 0 amide bonds. The van der Waals surface area contributed by atoms with Gasteiger partial charge in [0.25, 0.3) is 0 Å². The number of rotatable bonds is 0. The van der Waals surface area contributed by atoms with E-state index in [0.29, 0.717) is 5.56 Å². The molecule has 0 bridgehead atoms. The van der Waals surface area contributed by atoms with Gasteiger partial charge in [-0.1, -0.05) is 11.6 Å². The Balaban J connectivity index is 0.000000810. The normalized spacial score (nSPS) is 7.50. The van der Waals surface area contributed by atoms with Gasteiger partial charge in [-0.3, -0.25) is 0 Å². The van der Waals surface area contributed by atoms with Crippen LogP contribution in [0.15, 0.2) is 24.3 Å². The van der Waals surface area contributed by atoms with E-state index in [0.717, 1.165) is 5.56 Å². The number of nitrogens with zero attached hydrogens (tertiary/aromatic N) is 1. The molecule has 1 aromatic rings. The third-order valence-electron chi connectivity index (χ3n) is 1.14. The standard InChI is InChI=1S/C8H6N.Rb/c1-7-4-2-3-5-8(7)6-9;/h2-5H,1H2;/q-1;+1. The van der Waals surface area contributed by atoms with Crippen LogP contribution in [0.4, 0.5) is 0 Å². The number of benzene rings is 1. The zero-order chi connectivity index (χ0) is 6.69. The average molecular weight is 202 g/mol. The summed E-state index contributed by atoms with van der Waals surface area (Å²) >= 11 is 0. The zero-order valence-corrected chi connectivity index (χ0v) is 10.9. The molecule has 1 rings (SSSR count). The van der Waals surface area contributed by atoms with Gasteiger partial charge in [0.1, 0.15) is 0 Å². The maximum absolute atomic E-state index is 8.43. The SMILES string of the molecule is [CH2-]c1ccccc1C#N.[Rb+]. The second kappa shape index (κ2) is 5.09. The van der Waals surface area contributed by atoms with Crippen LogP contribution in [0.3, 0.4) is 0 Å². The first-order valence-electron chi connectivity index (χ1n) is 2.65. The Morgan fingerprint density at radius 3 is 2.30 bits per heavy atom. The third-order valence-corrected chi connectivity index (χ3v) is 1.14. The first-order chi connectivity index (χ1) is 4.34. The fourth-order valence-electron chi connectivity index (χ4n) is 0.629. The molecule has 0 aliphatic rings. The molecule has 0 aromatic heterocycles. The molecule has 0 aliphatic carbocycles. The Bertz CT molecular complexity index is 250. The fourth-order valence-corrected chi connectivity index (χ4v) is 0.629. The van der Waals surface area contributed by atoms with E-state index in [1.165, 1.54) is 0 Å². The molecule has 0 fully saturated rings. The molecule has 0 N–H and O–H groups in total. The van der Waals surface area contributed by atoms with Gasteiger partial charge < -0.3 is 0 Å². The molecule has 10 heavy (non-hydrogen) atoms. The fraction of sp³-hybridized carbons (Fsp3) is 0. The van der Waals surface area contributed by atoms with Crippen LogP contribution in [-0.4, -0.2) is 0 Å². The van der Waals surface area contributed by atoms with Gasteiger partial charge in [0, 0.05) is 6.07 Å². The maximum Gasteiger partial charge on any atom is 1.00 e. The minimum atomic E-state index is 0. The Hall–Kier alpha value is 0.385. The summed E-state index contributed by atoms with van der Waals surface area (Å²) in [6.07, 6.45) is 0. The van der Waals surface area contributed by atoms with Crippen molar-refractivity contribution in [2.45, 2.75) is 0 Å². The van der Waals surface area contributed by atoms with Crippen LogP contribution in [0.2, 0.25) is 0 Å². The van der Waals surface area contributed by atoms with Crippen LogP contribution in [-0.2, 0) is 0 Å². The Morgan fingerprint density at radius 1 is 1.30 bits per heavy atom. The summed E-state index contributed by atoms with van der Waals surface area (Å²) in [6.45, 7) is 3.67. The molecular formula is C8H6NRb. The quantitative estimate of drug-likeness (QED) is 0.481.